The SMILES string of the molecule is COc1ccc(C)cc1NC(=O)c1ccc2c(OC)n(C)nc2c1. The molecule has 3 aromatic rings. The van der Waals surface area contributed by atoms with Crippen LogP contribution in [0.5, 0.6) is 11.6 Å². The standard InChI is InChI=1S/C18H19N3O3/c1-11-5-8-16(23-3)15(9-11)19-17(22)12-6-7-13-14(10-12)20-21(2)18(13)24-4/h5-10H,1-4H3,(H,19,22). The Hall–Kier alpha value is -3.02. The van der Waals surface area contributed by atoms with E-state index in [4.69, 9.17) is 9.47 Å². The fraction of sp³-hybridized carbons (Fsp3) is 0.222. The number of amides is 1. The van der Waals surface area contributed by atoms with Gasteiger partial charge in [0.05, 0.1) is 30.8 Å². The lowest BCUT2D eigenvalue weighted by Crippen LogP contribution is -2.12. The summed E-state index contributed by atoms with van der Waals surface area (Å²) in [6, 6.07) is 11.0. The van der Waals surface area contributed by atoms with Gasteiger partial charge in [0.25, 0.3) is 5.91 Å². The Labute approximate surface area is 140 Å². The van der Waals surface area contributed by atoms with Gasteiger partial charge in [-0.15, -0.1) is 0 Å². The van der Waals surface area contributed by atoms with Crippen molar-refractivity contribution in [1.82, 2.24) is 9.78 Å². The van der Waals surface area contributed by atoms with Crippen LogP contribution in [0, 0.1) is 6.92 Å². The normalized spacial score (nSPS) is 10.7. The summed E-state index contributed by atoms with van der Waals surface area (Å²) in [6.45, 7) is 1.96. The van der Waals surface area contributed by atoms with E-state index in [9.17, 15) is 4.79 Å². The molecule has 0 spiro atoms. The maximum Gasteiger partial charge on any atom is 0.255 e. The summed E-state index contributed by atoms with van der Waals surface area (Å²) in [7, 11) is 4.98. The van der Waals surface area contributed by atoms with E-state index >= 15 is 0 Å². The van der Waals surface area contributed by atoms with Crippen LogP contribution in [0.25, 0.3) is 10.9 Å². The number of nitrogens with zero attached hydrogens (tertiary/aromatic N) is 2. The number of aryl methyl sites for hydroxylation is 2. The van der Waals surface area contributed by atoms with E-state index in [-0.39, 0.29) is 5.91 Å². The summed E-state index contributed by atoms with van der Waals surface area (Å²) in [5, 5.41) is 8.12. The predicted molar refractivity (Wildman–Crippen MR) is 93.0 cm³/mol. The summed E-state index contributed by atoms with van der Waals surface area (Å²) in [5.74, 6) is 1.07. The summed E-state index contributed by atoms with van der Waals surface area (Å²) in [6.07, 6.45) is 0. The van der Waals surface area contributed by atoms with Crippen molar-refractivity contribution in [3.8, 4) is 11.6 Å². The maximum atomic E-state index is 12.6. The number of fused-ring (bicyclic) bond motifs is 1. The molecule has 6 heteroatoms. The highest BCUT2D eigenvalue weighted by molar-refractivity contribution is 6.07. The molecule has 0 radical (unpaired) electrons. The molecule has 0 fully saturated rings. The number of nitrogens with one attached hydrogen (secondary N) is 1. The number of methoxy groups -OCH3 is 2. The van der Waals surface area contributed by atoms with E-state index in [0.717, 1.165) is 10.9 Å². The number of aromatic nitrogens is 2. The van der Waals surface area contributed by atoms with Crippen LogP contribution in [-0.4, -0.2) is 29.9 Å². The van der Waals surface area contributed by atoms with Crippen LogP contribution in [0.3, 0.4) is 0 Å². The quantitative estimate of drug-likeness (QED) is 0.800. The largest absolute Gasteiger partial charge is 0.495 e. The molecule has 0 unspecified atom stereocenters. The van der Waals surface area contributed by atoms with Crippen molar-refractivity contribution in [2.45, 2.75) is 6.92 Å². The number of hydrogen-bond donors (Lipinski definition) is 1. The highest BCUT2D eigenvalue weighted by atomic mass is 16.5. The second-order valence-electron chi connectivity index (χ2n) is 5.52. The highest BCUT2D eigenvalue weighted by Crippen LogP contribution is 2.28. The topological polar surface area (TPSA) is 65.4 Å². The van der Waals surface area contributed by atoms with Crippen molar-refractivity contribution in [3.63, 3.8) is 0 Å². The first kappa shape index (κ1) is 15.9. The summed E-state index contributed by atoms with van der Waals surface area (Å²) in [5.41, 5.74) is 2.90. The lowest BCUT2D eigenvalue weighted by molar-refractivity contribution is 0.102. The molecule has 0 saturated heterocycles. The average molecular weight is 325 g/mol. The summed E-state index contributed by atoms with van der Waals surface area (Å²) < 4.78 is 12.3. The van der Waals surface area contributed by atoms with Gasteiger partial charge in [-0.2, -0.15) is 5.10 Å². The van der Waals surface area contributed by atoms with Gasteiger partial charge in [-0.25, -0.2) is 4.68 Å². The van der Waals surface area contributed by atoms with E-state index in [1.807, 2.05) is 31.2 Å². The van der Waals surface area contributed by atoms with E-state index < -0.39 is 0 Å². The molecule has 1 amide bonds. The first-order chi connectivity index (χ1) is 11.5. The third-order valence-corrected chi connectivity index (χ3v) is 3.84. The van der Waals surface area contributed by atoms with Crippen LogP contribution < -0.4 is 14.8 Å². The van der Waals surface area contributed by atoms with Crippen LogP contribution in [0.15, 0.2) is 36.4 Å². The minimum absolute atomic E-state index is 0.217. The predicted octanol–water partition coefficient (Wildman–Crippen LogP) is 3.15. The smallest absolute Gasteiger partial charge is 0.255 e. The minimum atomic E-state index is -0.217. The zero-order chi connectivity index (χ0) is 17.3. The molecule has 1 aromatic heterocycles. The van der Waals surface area contributed by atoms with E-state index in [2.05, 4.69) is 10.4 Å². The van der Waals surface area contributed by atoms with Crippen molar-refractivity contribution in [1.29, 1.82) is 0 Å². The molecule has 1 heterocycles. The highest BCUT2D eigenvalue weighted by Gasteiger charge is 2.14. The Balaban J connectivity index is 1.93. The molecular formula is C18H19N3O3. The Morgan fingerprint density at radius 1 is 1.12 bits per heavy atom. The average Bonchev–Trinajstić information content (AvgIpc) is 2.89. The summed E-state index contributed by atoms with van der Waals surface area (Å²) >= 11 is 0. The zero-order valence-corrected chi connectivity index (χ0v) is 14.1. The van der Waals surface area contributed by atoms with Gasteiger partial charge in [-0.1, -0.05) is 6.07 Å². The molecule has 0 atom stereocenters. The van der Waals surface area contributed by atoms with Gasteiger partial charge in [0.15, 0.2) is 0 Å². The molecule has 6 nitrogen and oxygen atoms in total. The molecule has 0 aliphatic heterocycles. The van der Waals surface area contributed by atoms with Gasteiger partial charge < -0.3 is 14.8 Å². The van der Waals surface area contributed by atoms with Crippen molar-refractivity contribution in [2.24, 2.45) is 7.05 Å². The van der Waals surface area contributed by atoms with E-state index in [1.54, 1.807) is 38.1 Å². The number of benzene rings is 2. The first-order valence-corrected chi connectivity index (χ1v) is 7.50. The molecule has 3 rings (SSSR count). The van der Waals surface area contributed by atoms with Crippen LogP contribution in [0.1, 0.15) is 15.9 Å². The third-order valence-electron chi connectivity index (χ3n) is 3.84. The third kappa shape index (κ3) is 2.78. The van der Waals surface area contributed by atoms with Crippen LogP contribution in [0.2, 0.25) is 0 Å². The second kappa shape index (κ2) is 6.23. The van der Waals surface area contributed by atoms with Gasteiger partial charge >= 0.3 is 0 Å². The molecule has 0 bridgehead atoms. The molecule has 24 heavy (non-hydrogen) atoms. The monoisotopic (exact) mass is 325 g/mol. The van der Waals surface area contributed by atoms with Gasteiger partial charge in [-0.05, 0) is 42.8 Å². The van der Waals surface area contributed by atoms with Gasteiger partial charge in [0.2, 0.25) is 5.88 Å². The fourth-order valence-corrected chi connectivity index (χ4v) is 2.67. The minimum Gasteiger partial charge on any atom is -0.495 e. The number of carbonyl (C=O) groups is 1. The Kier molecular flexibility index (Phi) is 4.12. The molecule has 0 aliphatic rings. The molecule has 2 aromatic carbocycles. The van der Waals surface area contributed by atoms with Crippen LogP contribution in [0.4, 0.5) is 5.69 Å². The van der Waals surface area contributed by atoms with Crippen molar-refractivity contribution >= 4 is 22.5 Å². The molecule has 0 saturated carbocycles. The lowest BCUT2D eigenvalue weighted by Gasteiger charge is -2.11. The molecular weight excluding hydrogens is 306 g/mol. The Bertz CT molecular complexity index is 915. The summed E-state index contributed by atoms with van der Waals surface area (Å²) in [4.78, 5) is 12.6. The number of anilines is 1. The number of hydrogen-bond acceptors (Lipinski definition) is 4. The second-order valence-corrected chi connectivity index (χ2v) is 5.52. The van der Waals surface area contributed by atoms with Crippen LogP contribution >= 0.6 is 0 Å². The molecule has 1 N–H and O–H groups in total. The Morgan fingerprint density at radius 3 is 2.62 bits per heavy atom. The van der Waals surface area contributed by atoms with Crippen molar-refractivity contribution in [3.05, 3.63) is 47.5 Å². The number of carbonyl (C=O) groups excluding carboxylic acids is 1. The zero-order valence-electron chi connectivity index (χ0n) is 14.1. The van der Waals surface area contributed by atoms with Crippen molar-refractivity contribution in [2.75, 3.05) is 19.5 Å². The van der Waals surface area contributed by atoms with Gasteiger partial charge in [0, 0.05) is 12.6 Å². The van der Waals surface area contributed by atoms with Crippen LogP contribution in [-0.2, 0) is 7.05 Å². The first-order valence-electron chi connectivity index (χ1n) is 7.50. The number of ether oxygens (including phenoxy) is 2. The molecule has 124 valence electrons. The maximum absolute atomic E-state index is 12.6. The van der Waals surface area contributed by atoms with Gasteiger partial charge in [0.1, 0.15) is 5.75 Å². The van der Waals surface area contributed by atoms with E-state index in [0.29, 0.717) is 28.4 Å². The van der Waals surface area contributed by atoms with Gasteiger partial charge in [-0.3, -0.25) is 4.79 Å². The number of rotatable bonds is 4. The molecule has 0 aliphatic carbocycles. The fourth-order valence-electron chi connectivity index (χ4n) is 2.67. The lowest BCUT2D eigenvalue weighted by atomic mass is 10.1. The Morgan fingerprint density at radius 2 is 1.92 bits per heavy atom. The van der Waals surface area contributed by atoms with E-state index in [1.165, 1.54) is 0 Å². The van der Waals surface area contributed by atoms with Crippen molar-refractivity contribution < 1.29 is 14.3 Å².